The Hall–Kier alpha value is -0.760. The Morgan fingerprint density at radius 2 is 2.17 bits per heavy atom. The Morgan fingerprint density at radius 3 is 2.83 bits per heavy atom. The van der Waals surface area contributed by atoms with Crippen LogP contribution in [-0.2, 0) is 0 Å². The highest BCUT2D eigenvalue weighted by atomic mass is 127. The molecule has 0 aromatic heterocycles. The van der Waals surface area contributed by atoms with Gasteiger partial charge in [0.1, 0.15) is 11.4 Å². The Kier molecular flexibility index (Phi) is 4.16. The van der Waals surface area contributed by atoms with Crippen LogP contribution in [0.2, 0.25) is 0 Å². The van der Waals surface area contributed by atoms with Crippen molar-refractivity contribution < 1.29 is 18.7 Å². The lowest BCUT2D eigenvalue weighted by atomic mass is 10.1. The van der Waals surface area contributed by atoms with E-state index in [1.807, 2.05) is 0 Å². The Labute approximate surface area is 117 Å². The van der Waals surface area contributed by atoms with Crippen LogP contribution in [-0.4, -0.2) is 35.1 Å². The van der Waals surface area contributed by atoms with E-state index in [4.69, 9.17) is 0 Å². The molecule has 18 heavy (non-hydrogen) atoms. The van der Waals surface area contributed by atoms with Crippen molar-refractivity contribution in [2.75, 3.05) is 13.1 Å². The van der Waals surface area contributed by atoms with Crippen molar-refractivity contribution in [2.45, 2.75) is 18.9 Å². The minimum absolute atomic E-state index is 0.128. The molecule has 98 valence electrons. The van der Waals surface area contributed by atoms with E-state index in [1.165, 1.54) is 11.0 Å². The number of rotatable bonds is 1. The number of hydrogen-bond donors (Lipinski definition) is 1. The van der Waals surface area contributed by atoms with Gasteiger partial charge in [-0.05, 0) is 47.6 Å². The van der Waals surface area contributed by atoms with Gasteiger partial charge >= 0.3 is 0 Å². The molecule has 1 heterocycles. The SMILES string of the molecule is O=C(c1c(F)ccc(I)c1F)N1CCCC(O)C1. The Morgan fingerprint density at radius 1 is 1.44 bits per heavy atom. The number of nitrogens with zero attached hydrogens (tertiary/aromatic N) is 1. The van der Waals surface area contributed by atoms with Gasteiger partial charge < -0.3 is 10.0 Å². The fraction of sp³-hybridized carbons (Fsp3) is 0.417. The molecular weight excluding hydrogens is 355 g/mol. The van der Waals surface area contributed by atoms with Gasteiger partial charge in [0, 0.05) is 16.7 Å². The third-order valence-electron chi connectivity index (χ3n) is 2.94. The molecule has 1 aliphatic heterocycles. The predicted octanol–water partition coefficient (Wildman–Crippen LogP) is 2.17. The molecule has 6 heteroatoms. The van der Waals surface area contributed by atoms with E-state index in [0.717, 1.165) is 6.07 Å². The molecule has 1 atom stereocenters. The summed E-state index contributed by atoms with van der Waals surface area (Å²) in [7, 11) is 0. The van der Waals surface area contributed by atoms with E-state index in [1.54, 1.807) is 22.6 Å². The maximum absolute atomic E-state index is 13.8. The topological polar surface area (TPSA) is 40.5 Å². The largest absolute Gasteiger partial charge is 0.391 e. The Balaban J connectivity index is 2.31. The van der Waals surface area contributed by atoms with Crippen LogP contribution in [0, 0.1) is 15.2 Å². The summed E-state index contributed by atoms with van der Waals surface area (Å²) in [4.78, 5) is 13.4. The normalized spacial score (nSPS) is 20.0. The van der Waals surface area contributed by atoms with E-state index in [9.17, 15) is 18.7 Å². The number of aliphatic hydroxyl groups is 1. The molecule has 1 aromatic rings. The maximum Gasteiger partial charge on any atom is 0.259 e. The van der Waals surface area contributed by atoms with Gasteiger partial charge in [-0.15, -0.1) is 0 Å². The van der Waals surface area contributed by atoms with E-state index in [2.05, 4.69) is 0 Å². The first-order valence-corrected chi connectivity index (χ1v) is 6.69. The summed E-state index contributed by atoms with van der Waals surface area (Å²) in [5, 5.41) is 9.49. The van der Waals surface area contributed by atoms with Crippen LogP contribution in [0.5, 0.6) is 0 Å². The number of carbonyl (C=O) groups excluding carboxylic acids is 1. The number of benzene rings is 1. The average Bonchev–Trinajstić information content (AvgIpc) is 2.34. The highest BCUT2D eigenvalue weighted by Gasteiger charge is 2.28. The number of aliphatic hydroxyl groups excluding tert-OH is 1. The number of piperidine rings is 1. The van der Waals surface area contributed by atoms with Crippen LogP contribution in [0.15, 0.2) is 12.1 Å². The van der Waals surface area contributed by atoms with Crippen molar-refractivity contribution in [1.29, 1.82) is 0 Å². The lowest BCUT2D eigenvalue weighted by Crippen LogP contribution is -2.42. The predicted molar refractivity (Wildman–Crippen MR) is 70.2 cm³/mol. The molecule has 1 aromatic carbocycles. The van der Waals surface area contributed by atoms with Crippen molar-refractivity contribution in [1.82, 2.24) is 4.90 Å². The summed E-state index contributed by atoms with van der Waals surface area (Å²) >= 11 is 1.71. The lowest BCUT2D eigenvalue weighted by Gasteiger charge is -2.30. The molecule has 2 rings (SSSR count). The van der Waals surface area contributed by atoms with E-state index < -0.39 is 29.2 Å². The van der Waals surface area contributed by atoms with Crippen LogP contribution in [0.25, 0.3) is 0 Å². The van der Waals surface area contributed by atoms with E-state index in [0.29, 0.717) is 19.4 Å². The summed E-state index contributed by atoms with van der Waals surface area (Å²) in [5.74, 6) is -2.39. The van der Waals surface area contributed by atoms with Gasteiger partial charge in [0.25, 0.3) is 5.91 Å². The fourth-order valence-electron chi connectivity index (χ4n) is 2.02. The summed E-state index contributed by atoms with van der Waals surface area (Å²) < 4.78 is 27.6. The summed E-state index contributed by atoms with van der Waals surface area (Å²) in [5.41, 5.74) is -0.531. The van der Waals surface area contributed by atoms with Crippen molar-refractivity contribution >= 4 is 28.5 Å². The molecule has 0 saturated carbocycles. The van der Waals surface area contributed by atoms with Gasteiger partial charge in [0.15, 0.2) is 5.82 Å². The molecule has 1 unspecified atom stereocenters. The first-order chi connectivity index (χ1) is 8.50. The van der Waals surface area contributed by atoms with Crippen LogP contribution in [0.3, 0.4) is 0 Å². The van der Waals surface area contributed by atoms with E-state index >= 15 is 0 Å². The molecule has 1 aliphatic rings. The number of β-amino-alcohol motifs (C(OH)–C–C–N with tert-alkyl or cyclic N) is 1. The highest BCUT2D eigenvalue weighted by molar-refractivity contribution is 14.1. The van der Waals surface area contributed by atoms with Crippen molar-refractivity contribution in [2.24, 2.45) is 0 Å². The molecule has 1 N–H and O–H groups in total. The lowest BCUT2D eigenvalue weighted by molar-refractivity contribution is 0.0465. The third kappa shape index (κ3) is 2.64. The molecule has 0 aliphatic carbocycles. The molecule has 1 amide bonds. The highest BCUT2D eigenvalue weighted by Crippen LogP contribution is 2.22. The molecular formula is C12H12F2INO2. The number of halogens is 3. The van der Waals surface area contributed by atoms with Crippen LogP contribution in [0.4, 0.5) is 8.78 Å². The Bertz CT molecular complexity index is 481. The number of amides is 1. The summed E-state index contributed by atoms with van der Waals surface area (Å²) in [6, 6.07) is 2.37. The molecule has 1 saturated heterocycles. The van der Waals surface area contributed by atoms with Crippen LogP contribution >= 0.6 is 22.6 Å². The molecule has 1 fully saturated rings. The number of carbonyl (C=O) groups is 1. The van der Waals surface area contributed by atoms with Gasteiger partial charge in [-0.2, -0.15) is 0 Å². The van der Waals surface area contributed by atoms with Gasteiger partial charge in [0.05, 0.1) is 6.10 Å². The van der Waals surface area contributed by atoms with Crippen molar-refractivity contribution in [3.8, 4) is 0 Å². The number of hydrogen-bond acceptors (Lipinski definition) is 2. The molecule has 0 radical (unpaired) electrons. The first-order valence-electron chi connectivity index (χ1n) is 5.61. The zero-order chi connectivity index (χ0) is 13.3. The second-order valence-electron chi connectivity index (χ2n) is 4.27. The maximum atomic E-state index is 13.8. The molecule has 3 nitrogen and oxygen atoms in total. The average molecular weight is 367 g/mol. The minimum Gasteiger partial charge on any atom is -0.391 e. The fourth-order valence-corrected chi connectivity index (χ4v) is 2.47. The van der Waals surface area contributed by atoms with Crippen LogP contribution in [0.1, 0.15) is 23.2 Å². The minimum atomic E-state index is -0.863. The summed E-state index contributed by atoms with van der Waals surface area (Å²) in [6.07, 6.45) is 0.637. The smallest absolute Gasteiger partial charge is 0.259 e. The van der Waals surface area contributed by atoms with Gasteiger partial charge in [-0.25, -0.2) is 8.78 Å². The summed E-state index contributed by atoms with van der Waals surface area (Å²) in [6.45, 7) is 0.545. The van der Waals surface area contributed by atoms with Crippen molar-refractivity contribution in [3.05, 3.63) is 32.9 Å². The zero-order valence-corrected chi connectivity index (χ0v) is 11.7. The molecule has 0 bridgehead atoms. The molecule has 0 spiro atoms. The second kappa shape index (κ2) is 5.48. The zero-order valence-electron chi connectivity index (χ0n) is 9.50. The number of likely N-dealkylation sites (tertiary alicyclic amines) is 1. The quantitative estimate of drug-likeness (QED) is 0.611. The third-order valence-corrected chi connectivity index (χ3v) is 3.77. The van der Waals surface area contributed by atoms with Gasteiger partial charge in [-0.1, -0.05) is 0 Å². The first kappa shape index (κ1) is 13.7. The van der Waals surface area contributed by atoms with Crippen LogP contribution < -0.4 is 0 Å². The standard InChI is InChI=1S/C12H12F2INO2/c13-8-3-4-9(15)11(14)10(8)12(18)16-5-1-2-7(17)6-16/h3-4,7,17H,1-2,5-6H2. The monoisotopic (exact) mass is 367 g/mol. The van der Waals surface area contributed by atoms with E-state index in [-0.39, 0.29) is 10.1 Å². The second-order valence-corrected chi connectivity index (χ2v) is 5.43. The van der Waals surface area contributed by atoms with Crippen molar-refractivity contribution in [3.63, 3.8) is 0 Å². The van der Waals surface area contributed by atoms with Gasteiger partial charge in [-0.3, -0.25) is 4.79 Å². The van der Waals surface area contributed by atoms with Gasteiger partial charge in [0.2, 0.25) is 0 Å².